The minimum atomic E-state index is -0.256. The molecule has 0 saturated carbocycles. The van der Waals surface area contributed by atoms with Crippen molar-refractivity contribution >= 4 is 11.8 Å². The standard InChI is InChI=1S/C20H29N3O2/c1-15(24)21-17(16-8-4-3-5-9-16)14-20(25)23-13-7-11-19(23)18-10-6-12-22(18)2/h3-5,8-9,17-19H,6-7,10-14H2,1-2H3,(H,21,24)/t17-,18+,19+/m1/s1. The molecule has 2 heterocycles. The molecular formula is C20H29N3O2. The van der Waals surface area contributed by atoms with Crippen molar-refractivity contribution in [2.45, 2.75) is 57.2 Å². The molecule has 2 fully saturated rings. The van der Waals surface area contributed by atoms with Gasteiger partial charge in [0.1, 0.15) is 0 Å². The number of hydrogen-bond donors (Lipinski definition) is 1. The Morgan fingerprint density at radius 2 is 1.80 bits per heavy atom. The van der Waals surface area contributed by atoms with E-state index in [4.69, 9.17) is 0 Å². The lowest BCUT2D eigenvalue weighted by atomic mass is 10.0. The first-order valence-electron chi connectivity index (χ1n) is 9.38. The summed E-state index contributed by atoms with van der Waals surface area (Å²) in [6, 6.07) is 10.3. The molecule has 0 spiro atoms. The van der Waals surface area contributed by atoms with E-state index in [2.05, 4.69) is 22.2 Å². The fourth-order valence-electron chi connectivity index (χ4n) is 4.40. The molecule has 2 aliphatic heterocycles. The summed E-state index contributed by atoms with van der Waals surface area (Å²) in [5, 5.41) is 2.95. The zero-order chi connectivity index (χ0) is 17.8. The number of carbonyl (C=O) groups is 2. The van der Waals surface area contributed by atoms with Crippen molar-refractivity contribution in [3.8, 4) is 0 Å². The highest BCUT2D eigenvalue weighted by atomic mass is 16.2. The van der Waals surface area contributed by atoms with E-state index in [-0.39, 0.29) is 17.9 Å². The van der Waals surface area contributed by atoms with Crippen molar-refractivity contribution in [3.63, 3.8) is 0 Å². The molecule has 0 bridgehead atoms. The summed E-state index contributed by atoms with van der Waals surface area (Å²) < 4.78 is 0. The van der Waals surface area contributed by atoms with E-state index in [0.717, 1.165) is 31.5 Å². The van der Waals surface area contributed by atoms with Crippen molar-refractivity contribution in [2.24, 2.45) is 0 Å². The highest BCUT2D eigenvalue weighted by Crippen LogP contribution is 2.30. The first-order chi connectivity index (χ1) is 12.1. The van der Waals surface area contributed by atoms with Crippen LogP contribution in [0.1, 0.15) is 50.6 Å². The fourth-order valence-corrected chi connectivity index (χ4v) is 4.40. The molecule has 1 aromatic carbocycles. The third-order valence-corrected chi connectivity index (χ3v) is 5.60. The van der Waals surface area contributed by atoms with Gasteiger partial charge in [0.05, 0.1) is 12.5 Å². The van der Waals surface area contributed by atoms with E-state index < -0.39 is 0 Å². The van der Waals surface area contributed by atoms with Crippen LogP contribution in [-0.2, 0) is 9.59 Å². The van der Waals surface area contributed by atoms with Gasteiger partial charge in [-0.15, -0.1) is 0 Å². The van der Waals surface area contributed by atoms with Gasteiger partial charge in [-0.25, -0.2) is 0 Å². The van der Waals surface area contributed by atoms with Crippen LogP contribution in [0.25, 0.3) is 0 Å². The molecule has 0 radical (unpaired) electrons. The Balaban J connectivity index is 1.71. The summed E-state index contributed by atoms with van der Waals surface area (Å²) >= 11 is 0. The zero-order valence-electron chi connectivity index (χ0n) is 15.3. The van der Waals surface area contributed by atoms with E-state index in [0.29, 0.717) is 18.5 Å². The van der Waals surface area contributed by atoms with Gasteiger partial charge in [0.25, 0.3) is 0 Å². The van der Waals surface area contributed by atoms with Crippen LogP contribution in [0.2, 0.25) is 0 Å². The zero-order valence-corrected chi connectivity index (χ0v) is 15.3. The summed E-state index contributed by atoms with van der Waals surface area (Å²) in [7, 11) is 2.17. The Morgan fingerprint density at radius 3 is 2.44 bits per heavy atom. The summed E-state index contributed by atoms with van der Waals surface area (Å²) in [6.45, 7) is 3.48. The van der Waals surface area contributed by atoms with Gasteiger partial charge in [-0.2, -0.15) is 0 Å². The third-order valence-electron chi connectivity index (χ3n) is 5.60. The fraction of sp³-hybridized carbons (Fsp3) is 0.600. The van der Waals surface area contributed by atoms with Gasteiger partial charge in [-0.05, 0) is 44.8 Å². The molecule has 3 atom stereocenters. The Kier molecular flexibility index (Phi) is 5.74. The Morgan fingerprint density at radius 1 is 1.12 bits per heavy atom. The normalized spacial score (nSPS) is 25.1. The Bertz CT molecular complexity index is 604. The highest BCUT2D eigenvalue weighted by Gasteiger charge is 2.38. The summed E-state index contributed by atoms with van der Waals surface area (Å²) in [4.78, 5) is 29.1. The predicted octanol–water partition coefficient (Wildman–Crippen LogP) is 2.34. The van der Waals surface area contributed by atoms with Crippen LogP contribution in [0.3, 0.4) is 0 Å². The van der Waals surface area contributed by atoms with Crippen LogP contribution in [0, 0.1) is 0 Å². The van der Waals surface area contributed by atoms with E-state index in [1.54, 1.807) is 0 Å². The van der Waals surface area contributed by atoms with Crippen molar-refractivity contribution < 1.29 is 9.59 Å². The second-order valence-electron chi connectivity index (χ2n) is 7.35. The maximum atomic E-state index is 13.0. The second-order valence-corrected chi connectivity index (χ2v) is 7.35. The van der Waals surface area contributed by atoms with Crippen LogP contribution in [0.4, 0.5) is 0 Å². The third kappa shape index (κ3) is 4.21. The van der Waals surface area contributed by atoms with E-state index in [1.165, 1.54) is 19.8 Å². The smallest absolute Gasteiger partial charge is 0.225 e. The Hall–Kier alpha value is -1.88. The van der Waals surface area contributed by atoms with Crippen LogP contribution in [-0.4, -0.2) is 53.8 Å². The molecule has 0 aromatic heterocycles. The predicted molar refractivity (Wildman–Crippen MR) is 98.0 cm³/mol. The van der Waals surface area contributed by atoms with Crippen LogP contribution in [0.15, 0.2) is 30.3 Å². The number of nitrogens with zero attached hydrogens (tertiary/aromatic N) is 2. The molecule has 25 heavy (non-hydrogen) atoms. The molecule has 2 aliphatic rings. The molecule has 2 saturated heterocycles. The lowest BCUT2D eigenvalue weighted by Gasteiger charge is -2.34. The average Bonchev–Trinajstić information content (AvgIpc) is 3.23. The van der Waals surface area contributed by atoms with E-state index in [1.807, 2.05) is 30.3 Å². The molecule has 0 aliphatic carbocycles. The molecule has 1 N–H and O–H groups in total. The number of benzene rings is 1. The van der Waals surface area contributed by atoms with Gasteiger partial charge in [0, 0.05) is 25.6 Å². The molecule has 5 heteroatoms. The summed E-state index contributed by atoms with van der Waals surface area (Å²) in [5.74, 6) is 0.0561. The highest BCUT2D eigenvalue weighted by molar-refractivity contribution is 5.79. The molecule has 5 nitrogen and oxygen atoms in total. The minimum Gasteiger partial charge on any atom is -0.349 e. The Labute approximate surface area is 150 Å². The van der Waals surface area contributed by atoms with Gasteiger partial charge < -0.3 is 15.1 Å². The largest absolute Gasteiger partial charge is 0.349 e. The second kappa shape index (κ2) is 8.00. The number of amides is 2. The number of carbonyl (C=O) groups excluding carboxylic acids is 2. The molecular weight excluding hydrogens is 314 g/mol. The maximum absolute atomic E-state index is 13.0. The number of likely N-dealkylation sites (tertiary alicyclic amines) is 2. The van der Waals surface area contributed by atoms with Crippen molar-refractivity contribution in [1.82, 2.24) is 15.1 Å². The number of nitrogens with one attached hydrogen (secondary N) is 1. The SMILES string of the molecule is CC(=O)N[C@H](CC(=O)N1CCC[C@H]1[C@@H]1CCCN1C)c1ccccc1. The lowest BCUT2D eigenvalue weighted by molar-refractivity contribution is -0.133. The molecule has 0 unspecified atom stereocenters. The van der Waals surface area contributed by atoms with Crippen LogP contribution in [0.5, 0.6) is 0 Å². The van der Waals surface area contributed by atoms with Crippen LogP contribution >= 0.6 is 0 Å². The van der Waals surface area contributed by atoms with Crippen molar-refractivity contribution in [1.29, 1.82) is 0 Å². The summed E-state index contributed by atoms with van der Waals surface area (Å²) in [6.07, 6.45) is 4.90. The molecule has 2 amide bonds. The number of hydrogen-bond acceptors (Lipinski definition) is 3. The molecule has 136 valence electrons. The molecule has 3 rings (SSSR count). The van der Waals surface area contributed by atoms with E-state index in [9.17, 15) is 9.59 Å². The quantitative estimate of drug-likeness (QED) is 0.893. The van der Waals surface area contributed by atoms with Gasteiger partial charge >= 0.3 is 0 Å². The van der Waals surface area contributed by atoms with Crippen LogP contribution < -0.4 is 5.32 Å². The number of likely N-dealkylation sites (N-methyl/N-ethyl adjacent to an activating group) is 1. The summed E-state index contributed by atoms with van der Waals surface area (Å²) in [5.41, 5.74) is 0.986. The number of rotatable bonds is 5. The van der Waals surface area contributed by atoms with Gasteiger partial charge in [0.2, 0.25) is 11.8 Å². The van der Waals surface area contributed by atoms with Gasteiger partial charge in [-0.3, -0.25) is 9.59 Å². The van der Waals surface area contributed by atoms with Gasteiger partial charge in [0.15, 0.2) is 0 Å². The first-order valence-corrected chi connectivity index (χ1v) is 9.38. The van der Waals surface area contributed by atoms with E-state index >= 15 is 0 Å². The first kappa shape index (κ1) is 17.9. The minimum absolute atomic E-state index is 0.102. The monoisotopic (exact) mass is 343 g/mol. The van der Waals surface area contributed by atoms with Crippen molar-refractivity contribution in [3.05, 3.63) is 35.9 Å². The maximum Gasteiger partial charge on any atom is 0.225 e. The molecule has 1 aromatic rings. The van der Waals surface area contributed by atoms with Crippen molar-refractivity contribution in [2.75, 3.05) is 20.1 Å². The average molecular weight is 343 g/mol. The lowest BCUT2D eigenvalue weighted by Crippen LogP contribution is -2.47. The van der Waals surface area contributed by atoms with Gasteiger partial charge in [-0.1, -0.05) is 30.3 Å². The topological polar surface area (TPSA) is 52.7 Å².